The number of hydrazone groups is 1. The molecule has 0 unspecified atom stereocenters. The minimum Gasteiger partial charge on any atom is -0.279 e. The molecule has 3 aromatic rings. The first kappa shape index (κ1) is 12.3. The molecule has 2 aromatic carbocycles. The minimum atomic E-state index is -0.338. The second-order valence-corrected chi connectivity index (χ2v) is 4.31. The summed E-state index contributed by atoms with van der Waals surface area (Å²) in [7, 11) is 0. The van der Waals surface area contributed by atoms with Crippen LogP contribution in [0, 0.1) is 5.82 Å². The maximum absolute atomic E-state index is 13.9. The molecule has 4 heteroatoms. The van der Waals surface area contributed by atoms with Crippen molar-refractivity contribution < 1.29 is 4.39 Å². The van der Waals surface area contributed by atoms with Crippen molar-refractivity contribution in [1.29, 1.82) is 0 Å². The van der Waals surface area contributed by atoms with Crippen molar-refractivity contribution in [2.75, 3.05) is 5.43 Å². The summed E-state index contributed by atoms with van der Waals surface area (Å²) in [6.45, 7) is 0. The van der Waals surface area contributed by atoms with Gasteiger partial charge in [0, 0.05) is 23.2 Å². The monoisotopic (exact) mass is 265 g/mol. The average Bonchev–Trinajstić information content (AvgIpc) is 2.49. The molecule has 0 amide bonds. The van der Waals surface area contributed by atoms with E-state index < -0.39 is 0 Å². The Morgan fingerprint density at radius 3 is 2.75 bits per heavy atom. The highest BCUT2D eigenvalue weighted by atomic mass is 19.1. The minimum absolute atomic E-state index is 0.338. The van der Waals surface area contributed by atoms with Crippen LogP contribution in [0.3, 0.4) is 0 Å². The molecule has 0 spiro atoms. The normalized spacial score (nSPS) is 11.1. The SMILES string of the molecule is Fc1cc2ncccc2cc1C=NNc1ccccc1. The van der Waals surface area contributed by atoms with E-state index in [9.17, 15) is 4.39 Å². The van der Waals surface area contributed by atoms with E-state index >= 15 is 0 Å². The van der Waals surface area contributed by atoms with Crippen LogP contribution in [-0.2, 0) is 0 Å². The first-order chi connectivity index (χ1) is 9.83. The predicted molar refractivity (Wildman–Crippen MR) is 79.4 cm³/mol. The van der Waals surface area contributed by atoms with E-state index in [1.54, 1.807) is 12.3 Å². The van der Waals surface area contributed by atoms with E-state index in [2.05, 4.69) is 15.5 Å². The van der Waals surface area contributed by atoms with Crippen molar-refractivity contribution >= 4 is 22.8 Å². The summed E-state index contributed by atoms with van der Waals surface area (Å²) in [4.78, 5) is 4.11. The Morgan fingerprint density at radius 1 is 1.05 bits per heavy atom. The summed E-state index contributed by atoms with van der Waals surface area (Å²) in [6.07, 6.45) is 3.11. The third-order valence-electron chi connectivity index (χ3n) is 2.89. The molecule has 3 rings (SSSR count). The molecular formula is C16H12FN3. The van der Waals surface area contributed by atoms with Crippen LogP contribution in [0.2, 0.25) is 0 Å². The van der Waals surface area contributed by atoms with Crippen LogP contribution in [-0.4, -0.2) is 11.2 Å². The number of hydrogen-bond donors (Lipinski definition) is 1. The number of nitrogens with one attached hydrogen (secondary N) is 1. The van der Waals surface area contributed by atoms with Gasteiger partial charge < -0.3 is 0 Å². The van der Waals surface area contributed by atoms with E-state index in [4.69, 9.17) is 0 Å². The van der Waals surface area contributed by atoms with Crippen LogP contribution in [0.25, 0.3) is 10.9 Å². The van der Waals surface area contributed by atoms with E-state index in [1.807, 2.05) is 42.5 Å². The Hall–Kier alpha value is -2.75. The summed E-state index contributed by atoms with van der Waals surface area (Å²) in [5.41, 5.74) is 4.77. The molecule has 1 aromatic heterocycles. The highest BCUT2D eigenvalue weighted by Gasteiger charge is 2.03. The number of anilines is 1. The van der Waals surface area contributed by atoms with Crippen molar-refractivity contribution in [2.24, 2.45) is 5.10 Å². The first-order valence-corrected chi connectivity index (χ1v) is 6.21. The van der Waals surface area contributed by atoms with Crippen molar-refractivity contribution in [2.45, 2.75) is 0 Å². The molecule has 0 saturated carbocycles. The van der Waals surface area contributed by atoms with Crippen LogP contribution in [0.5, 0.6) is 0 Å². The molecule has 0 atom stereocenters. The van der Waals surface area contributed by atoms with Crippen molar-refractivity contribution in [3.63, 3.8) is 0 Å². The fraction of sp³-hybridized carbons (Fsp3) is 0. The van der Waals surface area contributed by atoms with Crippen LogP contribution in [0.1, 0.15) is 5.56 Å². The van der Waals surface area contributed by atoms with E-state index in [0.717, 1.165) is 11.1 Å². The zero-order valence-electron chi connectivity index (χ0n) is 10.6. The number of rotatable bonds is 3. The zero-order valence-corrected chi connectivity index (χ0v) is 10.6. The lowest BCUT2D eigenvalue weighted by molar-refractivity contribution is 0.627. The second kappa shape index (κ2) is 5.48. The number of aromatic nitrogens is 1. The third-order valence-corrected chi connectivity index (χ3v) is 2.89. The highest BCUT2D eigenvalue weighted by Crippen LogP contribution is 2.16. The number of pyridine rings is 1. The van der Waals surface area contributed by atoms with Gasteiger partial charge >= 0.3 is 0 Å². The summed E-state index contributed by atoms with van der Waals surface area (Å²) in [6, 6.07) is 16.4. The summed E-state index contributed by atoms with van der Waals surface area (Å²) in [5.74, 6) is -0.338. The lowest BCUT2D eigenvalue weighted by Crippen LogP contribution is -1.94. The molecule has 0 aliphatic carbocycles. The third kappa shape index (κ3) is 2.64. The number of halogens is 1. The molecule has 0 radical (unpaired) electrons. The Balaban J connectivity index is 1.85. The van der Waals surface area contributed by atoms with Gasteiger partial charge in [0.15, 0.2) is 0 Å². The molecule has 0 bridgehead atoms. The van der Waals surface area contributed by atoms with Crippen molar-refractivity contribution in [3.05, 3.63) is 72.2 Å². The molecule has 20 heavy (non-hydrogen) atoms. The highest BCUT2D eigenvalue weighted by molar-refractivity contribution is 5.89. The van der Waals surface area contributed by atoms with Gasteiger partial charge in [0.1, 0.15) is 5.82 Å². The van der Waals surface area contributed by atoms with Gasteiger partial charge in [0.25, 0.3) is 0 Å². The first-order valence-electron chi connectivity index (χ1n) is 6.21. The number of benzene rings is 2. The number of para-hydroxylation sites is 1. The number of hydrogen-bond acceptors (Lipinski definition) is 3. The molecule has 3 nitrogen and oxygen atoms in total. The smallest absolute Gasteiger partial charge is 0.134 e. The Labute approximate surface area is 115 Å². The molecule has 0 aliphatic heterocycles. The molecule has 0 fully saturated rings. The van der Waals surface area contributed by atoms with Gasteiger partial charge in [0.05, 0.1) is 17.4 Å². The van der Waals surface area contributed by atoms with Gasteiger partial charge in [0.2, 0.25) is 0 Å². The van der Waals surface area contributed by atoms with Crippen LogP contribution in [0.4, 0.5) is 10.1 Å². The standard InChI is InChI=1S/C16H12FN3/c17-15-10-16-12(5-4-8-18-16)9-13(15)11-19-20-14-6-2-1-3-7-14/h1-11,20H. The fourth-order valence-corrected chi connectivity index (χ4v) is 1.90. The van der Waals surface area contributed by atoms with Crippen molar-refractivity contribution in [3.8, 4) is 0 Å². The topological polar surface area (TPSA) is 37.3 Å². The number of fused-ring (bicyclic) bond motifs is 1. The van der Waals surface area contributed by atoms with Gasteiger partial charge in [-0.15, -0.1) is 0 Å². The average molecular weight is 265 g/mol. The summed E-state index contributed by atoms with van der Waals surface area (Å²) < 4.78 is 13.9. The van der Waals surface area contributed by atoms with E-state index in [1.165, 1.54) is 12.3 Å². The zero-order chi connectivity index (χ0) is 13.8. The Morgan fingerprint density at radius 2 is 1.90 bits per heavy atom. The quantitative estimate of drug-likeness (QED) is 0.577. The summed E-state index contributed by atoms with van der Waals surface area (Å²) >= 11 is 0. The predicted octanol–water partition coefficient (Wildman–Crippen LogP) is 3.82. The Kier molecular flexibility index (Phi) is 3.37. The Bertz CT molecular complexity index is 754. The fourth-order valence-electron chi connectivity index (χ4n) is 1.90. The van der Waals surface area contributed by atoms with Crippen LogP contribution < -0.4 is 5.43 Å². The van der Waals surface area contributed by atoms with E-state index in [0.29, 0.717) is 11.1 Å². The molecular weight excluding hydrogens is 253 g/mol. The largest absolute Gasteiger partial charge is 0.279 e. The molecule has 1 heterocycles. The van der Waals surface area contributed by atoms with Gasteiger partial charge in [-0.2, -0.15) is 5.10 Å². The second-order valence-electron chi connectivity index (χ2n) is 4.31. The molecule has 0 saturated heterocycles. The maximum Gasteiger partial charge on any atom is 0.134 e. The van der Waals surface area contributed by atoms with Gasteiger partial charge in [-0.1, -0.05) is 24.3 Å². The molecule has 98 valence electrons. The maximum atomic E-state index is 13.9. The van der Waals surface area contributed by atoms with Gasteiger partial charge in [-0.25, -0.2) is 4.39 Å². The van der Waals surface area contributed by atoms with Crippen molar-refractivity contribution in [1.82, 2.24) is 4.98 Å². The van der Waals surface area contributed by atoms with E-state index in [-0.39, 0.29) is 5.82 Å². The lowest BCUT2D eigenvalue weighted by Gasteiger charge is -2.01. The van der Waals surface area contributed by atoms with Crippen LogP contribution >= 0.6 is 0 Å². The molecule has 1 N–H and O–H groups in total. The molecule has 0 aliphatic rings. The van der Waals surface area contributed by atoms with Gasteiger partial charge in [-0.3, -0.25) is 10.4 Å². The van der Waals surface area contributed by atoms with Gasteiger partial charge in [-0.05, 0) is 24.3 Å². The van der Waals surface area contributed by atoms with Crippen LogP contribution in [0.15, 0.2) is 65.9 Å². The lowest BCUT2D eigenvalue weighted by atomic mass is 10.1. The number of nitrogens with zero attached hydrogens (tertiary/aromatic N) is 2. The summed E-state index contributed by atoms with van der Waals surface area (Å²) in [5, 5.41) is 4.93.